The monoisotopic (exact) mass is 461 g/mol. The van der Waals surface area contributed by atoms with E-state index in [2.05, 4.69) is 0 Å². The topological polar surface area (TPSA) is 90.0 Å². The van der Waals surface area contributed by atoms with Gasteiger partial charge < -0.3 is 4.90 Å². The molecule has 0 radical (unpaired) electrons. The average molecular weight is 462 g/mol. The Morgan fingerprint density at radius 2 is 1.90 bits per heavy atom. The standard InChI is InChI=1S/C22H21Cl2N3O4/c1-12(21(29)25-31)6-13-2-4-18-14(7-13)3-5-19(18)26-11-20(28)27(22(26)30)17-9-15(23)8-16(24)10-17/h2,4,7-10,12,19,31H,3,5-6,11H2,1H3,(H,25,29). The van der Waals surface area contributed by atoms with Crippen molar-refractivity contribution in [2.75, 3.05) is 11.4 Å². The number of halogens is 2. The summed E-state index contributed by atoms with van der Waals surface area (Å²) in [5.74, 6) is -1.12. The van der Waals surface area contributed by atoms with Crippen LogP contribution in [-0.2, 0) is 22.4 Å². The Hall–Kier alpha value is -2.61. The molecule has 0 spiro atoms. The highest BCUT2D eigenvalue weighted by atomic mass is 35.5. The van der Waals surface area contributed by atoms with Crippen molar-refractivity contribution < 1.29 is 19.6 Å². The maximum Gasteiger partial charge on any atom is 0.332 e. The highest BCUT2D eigenvalue weighted by molar-refractivity contribution is 6.35. The third-order valence-corrected chi connectivity index (χ3v) is 6.26. The zero-order chi connectivity index (χ0) is 22.3. The number of aryl methyl sites for hydroxylation is 1. The number of hydrogen-bond donors (Lipinski definition) is 2. The van der Waals surface area contributed by atoms with Gasteiger partial charge in [-0.05, 0) is 54.2 Å². The third kappa shape index (κ3) is 4.13. The zero-order valence-electron chi connectivity index (χ0n) is 16.8. The smallest absolute Gasteiger partial charge is 0.308 e. The van der Waals surface area contributed by atoms with Gasteiger partial charge in [0.1, 0.15) is 6.54 Å². The lowest BCUT2D eigenvalue weighted by molar-refractivity contribution is -0.132. The predicted molar refractivity (Wildman–Crippen MR) is 116 cm³/mol. The minimum Gasteiger partial charge on any atom is -0.308 e. The lowest BCUT2D eigenvalue weighted by Crippen LogP contribution is -2.34. The van der Waals surface area contributed by atoms with Gasteiger partial charge in [-0.1, -0.05) is 48.3 Å². The number of carbonyl (C=O) groups excluding carboxylic acids is 3. The second kappa shape index (κ2) is 8.49. The molecule has 0 saturated carbocycles. The van der Waals surface area contributed by atoms with Crippen molar-refractivity contribution in [3.05, 3.63) is 63.1 Å². The zero-order valence-corrected chi connectivity index (χ0v) is 18.3. The molecule has 4 rings (SSSR count). The summed E-state index contributed by atoms with van der Waals surface area (Å²) in [5.41, 5.74) is 5.13. The SMILES string of the molecule is CC(Cc1ccc2c(c1)CCC2N1CC(=O)N(c2cc(Cl)cc(Cl)c2)C1=O)C(=O)NO. The summed E-state index contributed by atoms with van der Waals surface area (Å²) >= 11 is 12.1. The maximum atomic E-state index is 13.1. The van der Waals surface area contributed by atoms with Crippen molar-refractivity contribution in [2.24, 2.45) is 5.92 Å². The van der Waals surface area contributed by atoms with Crippen molar-refractivity contribution in [3.63, 3.8) is 0 Å². The molecule has 2 unspecified atom stereocenters. The number of benzene rings is 2. The molecule has 1 heterocycles. The highest BCUT2D eigenvalue weighted by Crippen LogP contribution is 2.39. The number of anilines is 1. The first-order valence-electron chi connectivity index (χ1n) is 9.93. The Balaban J connectivity index is 1.55. The van der Waals surface area contributed by atoms with Crippen LogP contribution in [0.25, 0.3) is 0 Å². The number of fused-ring (bicyclic) bond motifs is 1. The Morgan fingerprint density at radius 3 is 2.58 bits per heavy atom. The molecule has 2 atom stereocenters. The second-order valence-corrected chi connectivity index (χ2v) is 8.81. The summed E-state index contributed by atoms with van der Waals surface area (Å²) in [7, 11) is 0. The van der Waals surface area contributed by atoms with Gasteiger partial charge in [-0.2, -0.15) is 0 Å². The van der Waals surface area contributed by atoms with Crippen LogP contribution in [0.15, 0.2) is 36.4 Å². The van der Waals surface area contributed by atoms with Crippen molar-refractivity contribution in [3.8, 4) is 0 Å². The molecule has 0 aromatic heterocycles. The molecule has 2 aromatic carbocycles. The van der Waals surface area contributed by atoms with E-state index in [0.717, 1.165) is 28.0 Å². The van der Waals surface area contributed by atoms with Gasteiger partial charge in [-0.15, -0.1) is 0 Å². The first-order valence-corrected chi connectivity index (χ1v) is 10.7. The fraction of sp³-hybridized carbons (Fsp3) is 0.318. The fourth-order valence-corrected chi connectivity index (χ4v) is 4.86. The molecule has 1 fully saturated rings. The molecule has 4 amide bonds. The lowest BCUT2D eigenvalue weighted by Gasteiger charge is -2.24. The van der Waals surface area contributed by atoms with Gasteiger partial charge in [0.2, 0.25) is 5.91 Å². The van der Waals surface area contributed by atoms with Crippen LogP contribution in [0, 0.1) is 5.92 Å². The number of hydroxylamine groups is 1. The van der Waals surface area contributed by atoms with Crippen LogP contribution in [0.4, 0.5) is 10.5 Å². The van der Waals surface area contributed by atoms with Gasteiger partial charge in [0.25, 0.3) is 5.91 Å². The summed E-state index contributed by atoms with van der Waals surface area (Å²) in [6.45, 7) is 1.73. The molecule has 31 heavy (non-hydrogen) atoms. The van der Waals surface area contributed by atoms with Crippen LogP contribution in [0.5, 0.6) is 0 Å². The minimum atomic E-state index is -0.430. The molecule has 162 valence electrons. The van der Waals surface area contributed by atoms with Crippen molar-refractivity contribution in [2.45, 2.75) is 32.2 Å². The van der Waals surface area contributed by atoms with E-state index in [1.165, 1.54) is 0 Å². The summed E-state index contributed by atoms with van der Waals surface area (Å²) in [6, 6.07) is 9.98. The van der Waals surface area contributed by atoms with E-state index < -0.39 is 11.9 Å². The molecule has 1 aliphatic heterocycles. The van der Waals surface area contributed by atoms with Crippen molar-refractivity contribution >= 4 is 46.7 Å². The molecule has 1 aliphatic carbocycles. The van der Waals surface area contributed by atoms with E-state index in [4.69, 9.17) is 28.4 Å². The number of nitrogens with one attached hydrogen (secondary N) is 1. The van der Waals surface area contributed by atoms with Crippen LogP contribution < -0.4 is 10.4 Å². The van der Waals surface area contributed by atoms with Gasteiger partial charge in [0.05, 0.1) is 11.7 Å². The Kier molecular flexibility index (Phi) is 5.92. The predicted octanol–water partition coefficient (Wildman–Crippen LogP) is 4.13. The van der Waals surface area contributed by atoms with Crippen molar-refractivity contribution in [1.82, 2.24) is 10.4 Å². The Bertz CT molecular complexity index is 1050. The van der Waals surface area contributed by atoms with Gasteiger partial charge in [0.15, 0.2) is 0 Å². The van der Waals surface area contributed by atoms with E-state index in [9.17, 15) is 14.4 Å². The van der Waals surface area contributed by atoms with Crippen molar-refractivity contribution in [1.29, 1.82) is 0 Å². The molecular formula is C22H21Cl2N3O4. The quantitative estimate of drug-likeness (QED) is 0.397. The molecule has 1 saturated heterocycles. The number of hydrogen-bond acceptors (Lipinski definition) is 4. The van der Waals surface area contributed by atoms with Crippen LogP contribution in [0.1, 0.15) is 36.1 Å². The molecule has 2 N–H and O–H groups in total. The molecule has 2 aromatic rings. The first-order chi connectivity index (χ1) is 14.8. The second-order valence-electron chi connectivity index (χ2n) is 7.94. The largest absolute Gasteiger partial charge is 0.332 e. The number of rotatable bonds is 5. The number of amides is 4. The molecular weight excluding hydrogens is 441 g/mol. The van der Waals surface area contributed by atoms with E-state index in [0.29, 0.717) is 28.6 Å². The number of imide groups is 1. The van der Waals surface area contributed by atoms with Crippen LogP contribution in [0.3, 0.4) is 0 Å². The minimum absolute atomic E-state index is 0.0114. The van der Waals surface area contributed by atoms with Gasteiger partial charge in [-0.25, -0.2) is 15.2 Å². The van der Waals surface area contributed by atoms with Gasteiger partial charge in [-0.3, -0.25) is 14.8 Å². The molecule has 9 heteroatoms. The van der Waals surface area contributed by atoms with E-state index in [1.54, 1.807) is 35.5 Å². The van der Waals surface area contributed by atoms with Crippen LogP contribution in [0.2, 0.25) is 10.0 Å². The normalized spacial score (nSPS) is 19.0. The average Bonchev–Trinajstić information content (AvgIpc) is 3.26. The Labute approximate surface area is 189 Å². The summed E-state index contributed by atoms with van der Waals surface area (Å²) in [6.07, 6.45) is 1.98. The summed E-state index contributed by atoms with van der Waals surface area (Å²) < 4.78 is 0. The van der Waals surface area contributed by atoms with Gasteiger partial charge in [0, 0.05) is 16.0 Å². The molecule has 2 aliphatic rings. The van der Waals surface area contributed by atoms with Crippen LogP contribution in [-0.4, -0.2) is 34.5 Å². The maximum absolute atomic E-state index is 13.1. The van der Waals surface area contributed by atoms with Gasteiger partial charge >= 0.3 is 6.03 Å². The molecule has 0 bridgehead atoms. The lowest BCUT2D eigenvalue weighted by atomic mass is 9.97. The van der Waals surface area contributed by atoms with Crippen LogP contribution >= 0.6 is 23.2 Å². The van der Waals surface area contributed by atoms with E-state index in [-0.39, 0.29) is 24.4 Å². The van der Waals surface area contributed by atoms with E-state index in [1.807, 2.05) is 18.2 Å². The highest BCUT2D eigenvalue weighted by Gasteiger charge is 2.43. The number of urea groups is 1. The van der Waals surface area contributed by atoms with E-state index >= 15 is 0 Å². The fourth-order valence-electron chi connectivity index (χ4n) is 4.34. The number of nitrogens with zero attached hydrogens (tertiary/aromatic N) is 2. The number of carbonyl (C=O) groups is 3. The third-order valence-electron chi connectivity index (χ3n) is 5.83. The molecule has 7 nitrogen and oxygen atoms in total. The summed E-state index contributed by atoms with van der Waals surface area (Å²) in [5, 5.41) is 9.49. The first kappa shape index (κ1) is 21.6. The Morgan fingerprint density at radius 1 is 1.19 bits per heavy atom. The summed E-state index contributed by atoms with van der Waals surface area (Å²) in [4.78, 5) is 40.1.